The van der Waals surface area contributed by atoms with Gasteiger partial charge in [0.05, 0.1) is 0 Å². The minimum atomic E-state index is 0. The molecule has 0 aromatic carbocycles. The summed E-state index contributed by atoms with van der Waals surface area (Å²) >= 11 is 0. The molecule has 0 spiro atoms. The van der Waals surface area contributed by atoms with Crippen molar-refractivity contribution in [2.24, 2.45) is 0 Å². The van der Waals surface area contributed by atoms with Gasteiger partial charge in [-0.15, -0.1) is 6.42 Å². The Morgan fingerprint density at radius 1 is 1.67 bits per heavy atom. The van der Waals surface area contributed by atoms with Crippen molar-refractivity contribution in [1.29, 1.82) is 0 Å². The largest absolute Gasteiger partial charge is 0.269 e. The molecule has 0 saturated heterocycles. The fourth-order valence-corrected chi connectivity index (χ4v) is 0.891. The van der Waals surface area contributed by atoms with E-state index < -0.39 is 0 Å². The van der Waals surface area contributed by atoms with Crippen LogP contribution in [-0.4, -0.2) is 0 Å². The molecule has 0 fully saturated rings. The molecule has 0 N–H and O–H groups in total. The van der Waals surface area contributed by atoms with Gasteiger partial charge < -0.3 is 0 Å². The van der Waals surface area contributed by atoms with Crippen molar-refractivity contribution < 1.29 is 21.1 Å². The van der Waals surface area contributed by atoms with Crippen LogP contribution >= 0.6 is 0 Å². The van der Waals surface area contributed by atoms with Crippen LogP contribution in [0.3, 0.4) is 0 Å². The topological polar surface area (TPSA) is 0 Å². The second kappa shape index (κ2) is 4.99. The van der Waals surface area contributed by atoms with Crippen molar-refractivity contribution in [3.63, 3.8) is 0 Å². The van der Waals surface area contributed by atoms with Gasteiger partial charge in [0.1, 0.15) is 0 Å². The molecule has 0 aliphatic heterocycles. The van der Waals surface area contributed by atoms with E-state index in [1.807, 2.05) is 0 Å². The van der Waals surface area contributed by atoms with E-state index in [9.17, 15) is 0 Å². The molecule has 1 aliphatic rings. The standard InChI is InChI=1S/C8H11.Mo/c1-2-5-8-6-3-4-7-8;/h3,6H,2,4-5H2,1H3;/q-1;. The van der Waals surface area contributed by atoms with Gasteiger partial charge in [-0.2, -0.15) is 6.08 Å². The Kier molecular flexibility index (Phi) is 5.09. The zero-order valence-electron chi connectivity index (χ0n) is 5.68. The van der Waals surface area contributed by atoms with E-state index in [1.165, 1.54) is 18.4 Å². The third-order valence-electron chi connectivity index (χ3n) is 1.29. The van der Waals surface area contributed by atoms with Crippen LogP contribution in [0.4, 0.5) is 0 Å². The minimum Gasteiger partial charge on any atom is -0.269 e. The van der Waals surface area contributed by atoms with Gasteiger partial charge >= 0.3 is 0 Å². The normalized spacial score (nSPS) is 15.0. The van der Waals surface area contributed by atoms with E-state index in [0.717, 1.165) is 6.42 Å². The zero-order chi connectivity index (χ0) is 5.82. The van der Waals surface area contributed by atoms with Crippen molar-refractivity contribution in [3.05, 3.63) is 23.8 Å². The number of hydrogen-bond acceptors (Lipinski definition) is 0. The van der Waals surface area contributed by atoms with Crippen molar-refractivity contribution in [2.45, 2.75) is 26.2 Å². The van der Waals surface area contributed by atoms with Gasteiger partial charge in [-0.05, 0) is 0 Å². The van der Waals surface area contributed by atoms with Gasteiger partial charge in [-0.3, -0.25) is 6.08 Å². The fourth-order valence-electron chi connectivity index (χ4n) is 0.891. The maximum Gasteiger partial charge on any atom is 0 e. The quantitative estimate of drug-likeness (QED) is 0.477. The summed E-state index contributed by atoms with van der Waals surface area (Å²) < 4.78 is 0. The number of rotatable bonds is 2. The molecule has 1 rings (SSSR count). The molecule has 0 aromatic heterocycles. The van der Waals surface area contributed by atoms with Crippen LogP contribution in [-0.2, 0) is 21.1 Å². The Bertz CT molecular complexity index is 123. The monoisotopic (exact) mass is 205 g/mol. The molecule has 50 valence electrons. The minimum absolute atomic E-state index is 0. The molecular weight excluding hydrogens is 192 g/mol. The Labute approximate surface area is 71.3 Å². The SMILES string of the molecule is CCCC1=[C-]CC=C1.[Mo]. The summed E-state index contributed by atoms with van der Waals surface area (Å²) in [4.78, 5) is 0. The summed E-state index contributed by atoms with van der Waals surface area (Å²) in [5.74, 6) is 0. The van der Waals surface area contributed by atoms with Crippen molar-refractivity contribution in [3.8, 4) is 0 Å². The van der Waals surface area contributed by atoms with Crippen molar-refractivity contribution >= 4 is 0 Å². The van der Waals surface area contributed by atoms with E-state index in [4.69, 9.17) is 0 Å². The summed E-state index contributed by atoms with van der Waals surface area (Å²) in [6.07, 6.45) is 11.1. The molecule has 0 nitrogen and oxygen atoms in total. The molecular formula is C8H11Mo-. The van der Waals surface area contributed by atoms with Crippen LogP contribution in [0.2, 0.25) is 0 Å². The van der Waals surface area contributed by atoms with Crippen molar-refractivity contribution in [1.82, 2.24) is 0 Å². The van der Waals surface area contributed by atoms with Crippen molar-refractivity contribution in [2.75, 3.05) is 0 Å². The third-order valence-corrected chi connectivity index (χ3v) is 1.29. The fraction of sp³-hybridized carbons (Fsp3) is 0.500. The molecule has 0 bridgehead atoms. The Morgan fingerprint density at radius 2 is 2.44 bits per heavy atom. The van der Waals surface area contributed by atoms with Gasteiger partial charge in [0.25, 0.3) is 0 Å². The molecule has 0 atom stereocenters. The predicted octanol–water partition coefficient (Wildman–Crippen LogP) is 2.47. The van der Waals surface area contributed by atoms with Crippen LogP contribution in [0.25, 0.3) is 0 Å². The van der Waals surface area contributed by atoms with Gasteiger partial charge in [-0.1, -0.05) is 19.8 Å². The van der Waals surface area contributed by atoms with Crippen LogP contribution < -0.4 is 0 Å². The summed E-state index contributed by atoms with van der Waals surface area (Å²) in [7, 11) is 0. The maximum atomic E-state index is 3.26. The average Bonchev–Trinajstić information content (AvgIpc) is 2.19. The van der Waals surface area contributed by atoms with E-state index in [2.05, 4.69) is 25.2 Å². The summed E-state index contributed by atoms with van der Waals surface area (Å²) in [6.45, 7) is 2.20. The summed E-state index contributed by atoms with van der Waals surface area (Å²) in [6, 6.07) is 0. The predicted molar refractivity (Wildman–Crippen MR) is 35.4 cm³/mol. The molecule has 0 unspecified atom stereocenters. The number of allylic oxidation sites excluding steroid dienone is 4. The Hall–Kier alpha value is 0.168. The Morgan fingerprint density at radius 3 is 2.89 bits per heavy atom. The van der Waals surface area contributed by atoms with E-state index in [-0.39, 0.29) is 21.1 Å². The molecule has 0 amide bonds. The van der Waals surface area contributed by atoms with Gasteiger partial charge in [0.2, 0.25) is 0 Å². The second-order valence-electron chi connectivity index (χ2n) is 2.06. The Balaban J connectivity index is 0.000000640. The first-order valence-corrected chi connectivity index (χ1v) is 3.19. The van der Waals surface area contributed by atoms with Gasteiger partial charge in [-0.25, -0.2) is 11.6 Å². The van der Waals surface area contributed by atoms with Gasteiger partial charge in [0, 0.05) is 21.1 Å². The molecule has 0 aromatic rings. The van der Waals surface area contributed by atoms with E-state index in [1.54, 1.807) is 0 Å². The summed E-state index contributed by atoms with van der Waals surface area (Å²) in [5.41, 5.74) is 1.40. The second-order valence-corrected chi connectivity index (χ2v) is 2.06. The molecule has 0 heterocycles. The van der Waals surface area contributed by atoms with Crippen LogP contribution in [0, 0.1) is 6.08 Å². The first kappa shape index (κ1) is 9.17. The molecule has 1 aliphatic carbocycles. The van der Waals surface area contributed by atoms with Gasteiger partial charge in [0.15, 0.2) is 0 Å². The van der Waals surface area contributed by atoms with Crippen LogP contribution in [0.5, 0.6) is 0 Å². The van der Waals surface area contributed by atoms with E-state index >= 15 is 0 Å². The maximum absolute atomic E-state index is 3.26. The molecule has 9 heavy (non-hydrogen) atoms. The average molecular weight is 203 g/mol. The summed E-state index contributed by atoms with van der Waals surface area (Å²) in [5, 5.41) is 0. The smallest absolute Gasteiger partial charge is 0 e. The molecule has 0 radical (unpaired) electrons. The molecule has 1 heteroatoms. The number of hydrogen-bond donors (Lipinski definition) is 0. The first-order chi connectivity index (χ1) is 3.93. The zero-order valence-corrected chi connectivity index (χ0v) is 7.69. The molecule has 0 saturated carbocycles. The van der Waals surface area contributed by atoms with E-state index in [0.29, 0.717) is 0 Å². The van der Waals surface area contributed by atoms with Crippen LogP contribution in [0.1, 0.15) is 26.2 Å². The van der Waals surface area contributed by atoms with Crippen LogP contribution in [0.15, 0.2) is 17.7 Å². The first-order valence-electron chi connectivity index (χ1n) is 3.19. The third kappa shape index (κ3) is 3.01.